The number of benzene rings is 1. The largest absolute Gasteiger partial charge is 0.399 e. The van der Waals surface area contributed by atoms with Crippen LogP contribution >= 0.6 is 12.6 Å². The van der Waals surface area contributed by atoms with Gasteiger partial charge in [-0.25, -0.2) is 5.84 Å². The summed E-state index contributed by atoms with van der Waals surface area (Å²) in [7, 11) is 0. The Morgan fingerprint density at radius 1 is 1.56 bits per heavy atom. The molecule has 0 spiro atoms. The van der Waals surface area contributed by atoms with Gasteiger partial charge in [0.15, 0.2) is 0 Å². The van der Waals surface area contributed by atoms with Crippen LogP contribution in [0.2, 0.25) is 0 Å². The Morgan fingerprint density at radius 3 is 2.94 bits per heavy atom. The maximum Gasteiger partial charge on any atom is 0.0875 e. The van der Waals surface area contributed by atoms with Crippen LogP contribution in [-0.2, 0) is 4.74 Å². The maximum absolute atomic E-state index is 5.82. The summed E-state index contributed by atoms with van der Waals surface area (Å²) in [6.07, 6.45) is 1.64. The number of nitrogens with zero attached hydrogens (tertiary/aromatic N) is 1. The van der Waals surface area contributed by atoms with Gasteiger partial charge in [-0.2, -0.15) is 0 Å². The van der Waals surface area contributed by atoms with E-state index < -0.39 is 0 Å². The van der Waals surface area contributed by atoms with Crippen LogP contribution in [-0.4, -0.2) is 13.2 Å². The van der Waals surface area contributed by atoms with Crippen molar-refractivity contribution in [2.45, 2.75) is 11.8 Å². The third kappa shape index (κ3) is 4.14. The van der Waals surface area contributed by atoms with E-state index in [2.05, 4.69) is 12.6 Å². The molecule has 0 aliphatic heterocycles. The predicted octanol–water partition coefficient (Wildman–Crippen LogP) is 1.49. The lowest BCUT2D eigenvalue weighted by molar-refractivity contribution is 0.170. The molecule has 5 heteroatoms. The van der Waals surface area contributed by atoms with Crippen molar-refractivity contribution in [1.29, 1.82) is 0 Å². The zero-order chi connectivity index (χ0) is 12.0. The van der Waals surface area contributed by atoms with E-state index >= 15 is 0 Å². The highest BCUT2D eigenvalue weighted by molar-refractivity contribution is 7.80. The number of anilines is 1. The van der Waals surface area contributed by atoms with Crippen molar-refractivity contribution >= 4 is 18.3 Å². The van der Waals surface area contributed by atoms with Crippen LogP contribution in [0.1, 0.15) is 6.92 Å². The molecule has 1 rings (SSSR count). The molecule has 1 aromatic carbocycles. The van der Waals surface area contributed by atoms with Crippen molar-refractivity contribution in [2.75, 3.05) is 18.2 Å². The molecule has 0 fully saturated rings. The molecule has 16 heavy (non-hydrogen) atoms. The zero-order valence-corrected chi connectivity index (χ0v) is 10.2. The first-order valence-corrected chi connectivity index (χ1v) is 5.45. The fourth-order valence-electron chi connectivity index (χ4n) is 1.16. The molecule has 0 bridgehead atoms. The van der Waals surface area contributed by atoms with Crippen LogP contribution in [0.25, 0.3) is 0 Å². The first kappa shape index (κ1) is 12.9. The summed E-state index contributed by atoms with van der Waals surface area (Å²) in [5.41, 5.74) is 7.14. The van der Waals surface area contributed by atoms with Crippen molar-refractivity contribution in [1.82, 2.24) is 0 Å². The lowest BCUT2D eigenvalue weighted by Gasteiger charge is -2.15. The van der Waals surface area contributed by atoms with Crippen LogP contribution in [0.5, 0.6) is 0 Å². The standard InChI is InChI=1S/C11H17N3OS/c1-2-15-8-9(12)7-14(13)10-4-3-5-11(16)6-10/h3-7,16H,2,8,12-13H2,1H3/b9-7-. The highest BCUT2D eigenvalue weighted by Gasteiger charge is 1.99. The third-order valence-corrected chi connectivity index (χ3v) is 2.18. The van der Waals surface area contributed by atoms with Crippen molar-refractivity contribution < 1.29 is 4.74 Å². The fraction of sp³-hybridized carbons (Fsp3) is 0.273. The minimum atomic E-state index is 0.380. The zero-order valence-electron chi connectivity index (χ0n) is 9.26. The van der Waals surface area contributed by atoms with E-state index in [0.717, 1.165) is 10.6 Å². The quantitative estimate of drug-likeness (QED) is 0.414. The Hall–Kier alpha value is -1.17. The van der Waals surface area contributed by atoms with Crippen LogP contribution in [0.3, 0.4) is 0 Å². The number of thiol groups is 1. The molecular weight excluding hydrogens is 222 g/mol. The van der Waals surface area contributed by atoms with E-state index in [1.807, 2.05) is 31.2 Å². The monoisotopic (exact) mass is 239 g/mol. The normalized spacial score (nSPS) is 11.6. The number of rotatable bonds is 5. The molecule has 0 aliphatic rings. The molecule has 1 aromatic rings. The Balaban J connectivity index is 2.67. The molecular formula is C11H17N3OS. The number of hydrogen-bond donors (Lipinski definition) is 3. The van der Waals surface area contributed by atoms with Crippen molar-refractivity contribution in [3.05, 3.63) is 36.2 Å². The number of hydrazine groups is 1. The molecule has 0 heterocycles. The molecule has 0 saturated carbocycles. The maximum atomic E-state index is 5.82. The molecule has 4 nitrogen and oxygen atoms in total. The average molecular weight is 239 g/mol. The average Bonchev–Trinajstić information content (AvgIpc) is 2.26. The summed E-state index contributed by atoms with van der Waals surface area (Å²) >= 11 is 4.24. The van der Waals surface area contributed by atoms with Crippen molar-refractivity contribution in [3.8, 4) is 0 Å². The second kappa shape index (κ2) is 6.42. The van der Waals surface area contributed by atoms with Gasteiger partial charge in [-0.15, -0.1) is 12.6 Å². The second-order valence-corrected chi connectivity index (χ2v) is 3.78. The number of nitrogens with two attached hydrogens (primary N) is 2. The van der Waals surface area contributed by atoms with Gasteiger partial charge < -0.3 is 10.5 Å². The smallest absolute Gasteiger partial charge is 0.0875 e. The molecule has 0 aliphatic carbocycles. The first-order chi connectivity index (χ1) is 7.63. The Kier molecular flexibility index (Phi) is 5.18. The number of hydrogen-bond acceptors (Lipinski definition) is 5. The van der Waals surface area contributed by atoms with E-state index in [9.17, 15) is 0 Å². The van der Waals surface area contributed by atoms with E-state index in [1.54, 1.807) is 6.20 Å². The lowest BCUT2D eigenvalue weighted by Crippen LogP contribution is -2.26. The van der Waals surface area contributed by atoms with Crippen LogP contribution in [0.4, 0.5) is 5.69 Å². The topological polar surface area (TPSA) is 64.5 Å². The van der Waals surface area contributed by atoms with Gasteiger partial charge >= 0.3 is 0 Å². The van der Waals surface area contributed by atoms with E-state index in [0.29, 0.717) is 18.9 Å². The van der Waals surface area contributed by atoms with E-state index in [1.165, 1.54) is 5.01 Å². The molecule has 0 aromatic heterocycles. The Bertz CT molecular complexity index is 368. The summed E-state index contributed by atoms with van der Waals surface area (Å²) in [6.45, 7) is 2.92. The highest BCUT2D eigenvalue weighted by Crippen LogP contribution is 2.16. The second-order valence-electron chi connectivity index (χ2n) is 3.27. The summed E-state index contributed by atoms with van der Waals surface area (Å²) < 4.78 is 5.17. The molecule has 88 valence electrons. The van der Waals surface area contributed by atoms with Crippen LogP contribution in [0, 0.1) is 0 Å². The summed E-state index contributed by atoms with van der Waals surface area (Å²) in [5.74, 6) is 5.82. The van der Waals surface area contributed by atoms with Crippen LogP contribution in [0.15, 0.2) is 41.1 Å². The number of ether oxygens (including phenoxy) is 1. The van der Waals surface area contributed by atoms with Gasteiger partial charge in [-0.1, -0.05) is 6.07 Å². The lowest BCUT2D eigenvalue weighted by atomic mass is 10.3. The summed E-state index contributed by atoms with van der Waals surface area (Å²) in [6, 6.07) is 7.50. The van der Waals surface area contributed by atoms with E-state index in [-0.39, 0.29) is 0 Å². The SMILES string of the molecule is CCOC/C(N)=C/N(N)c1cccc(S)c1. The molecule has 0 unspecified atom stereocenters. The van der Waals surface area contributed by atoms with Gasteiger partial charge in [0, 0.05) is 17.7 Å². The minimum Gasteiger partial charge on any atom is -0.399 e. The Morgan fingerprint density at radius 2 is 2.31 bits per heavy atom. The van der Waals surface area contributed by atoms with Gasteiger partial charge in [-0.3, -0.25) is 5.01 Å². The van der Waals surface area contributed by atoms with Gasteiger partial charge in [-0.05, 0) is 25.1 Å². The first-order valence-electron chi connectivity index (χ1n) is 5.00. The van der Waals surface area contributed by atoms with Crippen LogP contribution < -0.4 is 16.6 Å². The molecule has 0 amide bonds. The molecule has 0 atom stereocenters. The molecule has 0 radical (unpaired) electrons. The Labute approximate surface area is 101 Å². The minimum absolute atomic E-state index is 0.380. The fourth-order valence-corrected chi connectivity index (χ4v) is 1.38. The van der Waals surface area contributed by atoms with Gasteiger partial charge in [0.25, 0.3) is 0 Å². The summed E-state index contributed by atoms with van der Waals surface area (Å²) in [4.78, 5) is 0.852. The van der Waals surface area contributed by atoms with Crippen molar-refractivity contribution in [3.63, 3.8) is 0 Å². The van der Waals surface area contributed by atoms with Gasteiger partial charge in [0.05, 0.1) is 18.0 Å². The van der Waals surface area contributed by atoms with Gasteiger partial charge in [0.1, 0.15) is 0 Å². The summed E-state index contributed by atoms with van der Waals surface area (Å²) in [5, 5.41) is 1.45. The molecule has 0 saturated heterocycles. The predicted molar refractivity (Wildman–Crippen MR) is 69.1 cm³/mol. The van der Waals surface area contributed by atoms with E-state index in [4.69, 9.17) is 16.3 Å². The molecule has 4 N–H and O–H groups in total. The van der Waals surface area contributed by atoms with Gasteiger partial charge in [0.2, 0.25) is 0 Å². The highest BCUT2D eigenvalue weighted by atomic mass is 32.1. The van der Waals surface area contributed by atoms with Crippen molar-refractivity contribution in [2.24, 2.45) is 11.6 Å². The third-order valence-electron chi connectivity index (χ3n) is 1.91.